The third kappa shape index (κ3) is 7.81. The lowest BCUT2D eigenvalue weighted by Crippen LogP contribution is -1.99. The van der Waals surface area contributed by atoms with Crippen molar-refractivity contribution in [2.75, 3.05) is 6.61 Å². The van der Waals surface area contributed by atoms with E-state index >= 15 is 0 Å². The van der Waals surface area contributed by atoms with Crippen molar-refractivity contribution in [3.63, 3.8) is 0 Å². The predicted octanol–water partition coefficient (Wildman–Crippen LogP) is 5.25. The lowest BCUT2D eigenvalue weighted by Gasteiger charge is -2.05. The Kier molecular flexibility index (Phi) is 9.46. The van der Waals surface area contributed by atoms with Gasteiger partial charge in [-0.25, -0.2) is 0 Å². The number of hydrogen-bond acceptors (Lipinski definition) is 3. The molecule has 1 aromatic rings. The fourth-order valence-corrected chi connectivity index (χ4v) is 2.33. The summed E-state index contributed by atoms with van der Waals surface area (Å²) in [5.41, 5.74) is 0.801. The monoisotopic (exact) mass is 293 g/mol. The molecule has 0 fully saturated rings. The molecule has 0 aliphatic carbocycles. The van der Waals surface area contributed by atoms with Crippen LogP contribution in [0.3, 0.4) is 0 Å². The molecule has 4 heteroatoms. The zero-order valence-electron chi connectivity index (χ0n) is 13.1. The first-order valence-corrected chi connectivity index (χ1v) is 8.05. The van der Waals surface area contributed by atoms with Crippen molar-refractivity contribution in [1.29, 1.82) is 0 Å². The van der Waals surface area contributed by atoms with E-state index < -0.39 is 0 Å². The first-order chi connectivity index (χ1) is 10.3. The van der Waals surface area contributed by atoms with Gasteiger partial charge in [0.05, 0.1) is 17.1 Å². The number of benzene rings is 1. The van der Waals surface area contributed by atoms with E-state index in [0.717, 1.165) is 6.42 Å². The zero-order chi connectivity index (χ0) is 15.3. The SMILES string of the molecule is CCCCCCCCCCOCc1ccccc1[N+](=O)[O-]. The van der Waals surface area contributed by atoms with Gasteiger partial charge in [-0.05, 0) is 12.5 Å². The number of nitro groups is 1. The number of rotatable bonds is 12. The molecule has 0 N–H and O–H groups in total. The quantitative estimate of drug-likeness (QED) is 0.300. The van der Waals surface area contributed by atoms with Gasteiger partial charge in [-0.3, -0.25) is 10.1 Å². The molecule has 0 heterocycles. The molecule has 0 saturated heterocycles. The molecule has 0 spiro atoms. The van der Waals surface area contributed by atoms with Gasteiger partial charge in [0, 0.05) is 12.7 Å². The third-order valence-corrected chi connectivity index (χ3v) is 3.59. The van der Waals surface area contributed by atoms with Crippen LogP contribution in [0.2, 0.25) is 0 Å². The van der Waals surface area contributed by atoms with E-state index in [4.69, 9.17) is 4.74 Å². The van der Waals surface area contributed by atoms with Gasteiger partial charge in [0.1, 0.15) is 0 Å². The summed E-state index contributed by atoms with van der Waals surface area (Å²) in [6.07, 6.45) is 10.1. The minimum atomic E-state index is -0.352. The normalized spacial score (nSPS) is 10.7. The van der Waals surface area contributed by atoms with Crippen molar-refractivity contribution in [3.8, 4) is 0 Å². The summed E-state index contributed by atoms with van der Waals surface area (Å²) in [5, 5.41) is 10.9. The lowest BCUT2D eigenvalue weighted by molar-refractivity contribution is -0.385. The van der Waals surface area contributed by atoms with Gasteiger partial charge < -0.3 is 4.74 Å². The topological polar surface area (TPSA) is 52.4 Å². The largest absolute Gasteiger partial charge is 0.377 e. The van der Waals surface area contributed by atoms with E-state index in [0.29, 0.717) is 18.8 Å². The van der Waals surface area contributed by atoms with E-state index in [2.05, 4.69) is 6.92 Å². The Hall–Kier alpha value is -1.42. The Morgan fingerprint density at radius 1 is 1.00 bits per heavy atom. The maximum absolute atomic E-state index is 10.9. The zero-order valence-corrected chi connectivity index (χ0v) is 13.1. The molecule has 0 radical (unpaired) electrons. The summed E-state index contributed by atoms with van der Waals surface area (Å²) >= 11 is 0. The van der Waals surface area contributed by atoms with Crippen LogP contribution in [0, 0.1) is 10.1 Å². The molecule has 0 aliphatic heterocycles. The summed E-state index contributed by atoms with van der Waals surface area (Å²) in [6.45, 7) is 3.24. The average Bonchev–Trinajstić information content (AvgIpc) is 2.49. The van der Waals surface area contributed by atoms with Crippen LogP contribution < -0.4 is 0 Å². The van der Waals surface area contributed by atoms with E-state index in [1.165, 1.54) is 51.0 Å². The smallest absolute Gasteiger partial charge is 0.274 e. The molecule has 0 unspecified atom stereocenters. The van der Waals surface area contributed by atoms with Crippen molar-refractivity contribution in [2.45, 2.75) is 64.9 Å². The number of hydrogen-bond donors (Lipinski definition) is 0. The molecule has 1 rings (SSSR count). The summed E-state index contributed by atoms with van der Waals surface area (Å²) in [5.74, 6) is 0. The minimum absolute atomic E-state index is 0.147. The highest BCUT2D eigenvalue weighted by molar-refractivity contribution is 5.39. The minimum Gasteiger partial charge on any atom is -0.377 e. The molecule has 4 nitrogen and oxygen atoms in total. The Morgan fingerprint density at radius 3 is 2.29 bits per heavy atom. The van der Waals surface area contributed by atoms with Gasteiger partial charge in [0.15, 0.2) is 0 Å². The maximum Gasteiger partial charge on any atom is 0.274 e. The number of para-hydroxylation sites is 1. The second-order valence-corrected chi connectivity index (χ2v) is 5.41. The van der Waals surface area contributed by atoms with Crippen LogP contribution in [0.4, 0.5) is 5.69 Å². The molecular formula is C17H27NO3. The second-order valence-electron chi connectivity index (χ2n) is 5.41. The maximum atomic E-state index is 10.9. The van der Waals surface area contributed by atoms with Crippen LogP contribution >= 0.6 is 0 Å². The Labute approximate surface area is 127 Å². The van der Waals surface area contributed by atoms with Crippen LogP contribution in [-0.2, 0) is 11.3 Å². The summed E-state index contributed by atoms with van der Waals surface area (Å²) in [6, 6.07) is 6.77. The average molecular weight is 293 g/mol. The molecule has 0 aliphatic rings. The van der Waals surface area contributed by atoms with Crippen molar-refractivity contribution < 1.29 is 9.66 Å². The molecule has 118 valence electrons. The summed E-state index contributed by atoms with van der Waals surface area (Å²) in [4.78, 5) is 10.5. The van der Waals surface area contributed by atoms with Crippen LogP contribution in [0.25, 0.3) is 0 Å². The first kappa shape index (κ1) is 17.6. The molecule has 21 heavy (non-hydrogen) atoms. The van der Waals surface area contributed by atoms with Crippen molar-refractivity contribution in [2.24, 2.45) is 0 Å². The van der Waals surface area contributed by atoms with Crippen molar-refractivity contribution in [1.82, 2.24) is 0 Å². The number of nitrogens with zero attached hydrogens (tertiary/aromatic N) is 1. The highest BCUT2D eigenvalue weighted by Crippen LogP contribution is 2.18. The second kappa shape index (κ2) is 11.3. The summed E-state index contributed by atoms with van der Waals surface area (Å²) < 4.78 is 5.55. The summed E-state index contributed by atoms with van der Waals surface area (Å²) in [7, 11) is 0. The lowest BCUT2D eigenvalue weighted by atomic mass is 10.1. The number of ether oxygens (including phenoxy) is 1. The molecule has 0 bridgehead atoms. The van der Waals surface area contributed by atoms with Gasteiger partial charge in [0.25, 0.3) is 5.69 Å². The molecule has 0 saturated carbocycles. The van der Waals surface area contributed by atoms with Crippen LogP contribution in [0.5, 0.6) is 0 Å². The van der Waals surface area contributed by atoms with E-state index in [9.17, 15) is 10.1 Å². The first-order valence-electron chi connectivity index (χ1n) is 8.05. The van der Waals surface area contributed by atoms with E-state index in [-0.39, 0.29) is 10.6 Å². The van der Waals surface area contributed by atoms with Crippen molar-refractivity contribution >= 4 is 5.69 Å². The van der Waals surface area contributed by atoms with Gasteiger partial charge in [-0.1, -0.05) is 64.0 Å². The van der Waals surface area contributed by atoms with Crippen LogP contribution in [0.1, 0.15) is 63.9 Å². The Balaban J connectivity index is 2.06. The molecule has 0 atom stereocenters. The number of unbranched alkanes of at least 4 members (excludes halogenated alkanes) is 7. The molecule has 0 aromatic heterocycles. The van der Waals surface area contributed by atoms with Gasteiger partial charge in [-0.2, -0.15) is 0 Å². The van der Waals surface area contributed by atoms with E-state index in [1.54, 1.807) is 12.1 Å². The van der Waals surface area contributed by atoms with Crippen molar-refractivity contribution in [3.05, 3.63) is 39.9 Å². The van der Waals surface area contributed by atoms with Crippen LogP contribution in [-0.4, -0.2) is 11.5 Å². The highest BCUT2D eigenvalue weighted by atomic mass is 16.6. The molecule has 1 aromatic carbocycles. The standard InChI is InChI=1S/C17H27NO3/c1-2-3-4-5-6-7-8-11-14-21-15-16-12-9-10-13-17(16)18(19)20/h9-10,12-13H,2-8,11,14-15H2,1H3. The van der Waals surface area contributed by atoms with Gasteiger partial charge >= 0.3 is 0 Å². The predicted molar refractivity (Wildman–Crippen MR) is 85.4 cm³/mol. The Morgan fingerprint density at radius 2 is 1.62 bits per heavy atom. The van der Waals surface area contributed by atoms with Gasteiger partial charge in [0.2, 0.25) is 0 Å². The van der Waals surface area contributed by atoms with E-state index in [1.807, 2.05) is 6.07 Å². The molecule has 0 amide bonds. The van der Waals surface area contributed by atoms with Crippen LogP contribution in [0.15, 0.2) is 24.3 Å². The molecular weight excluding hydrogens is 266 g/mol. The Bertz CT molecular complexity index is 407. The number of nitro benzene ring substituents is 1. The third-order valence-electron chi connectivity index (χ3n) is 3.59. The van der Waals surface area contributed by atoms with Gasteiger partial charge in [-0.15, -0.1) is 0 Å². The fraction of sp³-hybridized carbons (Fsp3) is 0.647. The highest BCUT2D eigenvalue weighted by Gasteiger charge is 2.11. The fourth-order valence-electron chi connectivity index (χ4n) is 2.33.